The number of halogens is 1. The lowest BCUT2D eigenvalue weighted by Gasteiger charge is -2.08. The molecule has 0 aliphatic heterocycles. The van der Waals surface area contributed by atoms with E-state index >= 15 is 0 Å². The second-order valence-corrected chi connectivity index (χ2v) is 7.10. The van der Waals surface area contributed by atoms with Crippen LogP contribution in [-0.4, -0.2) is 13.5 Å². The Labute approximate surface area is 132 Å². The monoisotopic (exact) mass is 370 g/mol. The van der Waals surface area contributed by atoms with Crippen LogP contribution in [0.15, 0.2) is 51.8 Å². The van der Waals surface area contributed by atoms with Crippen LogP contribution >= 0.6 is 15.9 Å². The molecule has 0 radical (unpaired) electrons. The Balaban J connectivity index is 2.11. The lowest BCUT2D eigenvalue weighted by Crippen LogP contribution is -2.23. The molecule has 0 saturated heterocycles. The van der Waals surface area contributed by atoms with Crippen LogP contribution < -0.4 is 10.5 Å². The van der Waals surface area contributed by atoms with Crippen LogP contribution in [0.2, 0.25) is 0 Å². The van der Waals surface area contributed by atoms with Crippen molar-refractivity contribution in [2.45, 2.75) is 18.0 Å². The molecule has 2 aromatic carbocycles. The predicted molar refractivity (Wildman–Crippen MR) is 84.9 cm³/mol. The van der Waals surface area contributed by atoms with Crippen molar-refractivity contribution < 1.29 is 13.5 Å². The molecule has 112 valence electrons. The number of hydrogen-bond donors (Lipinski definition) is 3. The van der Waals surface area contributed by atoms with E-state index in [0.29, 0.717) is 10.2 Å². The summed E-state index contributed by atoms with van der Waals surface area (Å²) in [5, 5.41) is 8.96. The number of rotatable bonds is 5. The minimum Gasteiger partial charge on any atom is -0.398 e. The van der Waals surface area contributed by atoms with Gasteiger partial charge in [0.2, 0.25) is 10.0 Å². The van der Waals surface area contributed by atoms with Crippen molar-refractivity contribution in [3.05, 3.63) is 58.1 Å². The summed E-state index contributed by atoms with van der Waals surface area (Å²) >= 11 is 3.21. The first kappa shape index (κ1) is 16.0. The standard InChI is InChI=1S/C14H15BrN2O3S/c15-13-7-12(5-6-14(13)16)21(19,20)17-8-10-1-3-11(9-18)4-2-10/h1-7,17-18H,8-9,16H2. The number of benzene rings is 2. The van der Waals surface area contributed by atoms with Gasteiger partial charge in [0, 0.05) is 16.7 Å². The van der Waals surface area contributed by atoms with Crippen LogP contribution in [0.5, 0.6) is 0 Å². The Bertz CT molecular complexity index is 730. The van der Waals surface area contributed by atoms with Gasteiger partial charge in [0.25, 0.3) is 0 Å². The number of hydrogen-bond acceptors (Lipinski definition) is 4. The van der Waals surface area contributed by atoms with Gasteiger partial charge in [-0.2, -0.15) is 0 Å². The summed E-state index contributed by atoms with van der Waals surface area (Å²) in [6, 6.07) is 11.5. The quantitative estimate of drug-likeness (QED) is 0.701. The minimum atomic E-state index is -3.60. The van der Waals surface area contributed by atoms with Gasteiger partial charge in [-0.15, -0.1) is 0 Å². The van der Waals surface area contributed by atoms with Crippen LogP contribution in [0.4, 0.5) is 5.69 Å². The van der Waals surface area contributed by atoms with Gasteiger partial charge in [-0.1, -0.05) is 24.3 Å². The van der Waals surface area contributed by atoms with Gasteiger partial charge in [0.05, 0.1) is 11.5 Å². The van der Waals surface area contributed by atoms with Gasteiger partial charge in [0.15, 0.2) is 0 Å². The molecule has 4 N–H and O–H groups in total. The van der Waals surface area contributed by atoms with Crippen molar-refractivity contribution in [3.8, 4) is 0 Å². The van der Waals surface area contributed by atoms with Gasteiger partial charge >= 0.3 is 0 Å². The van der Waals surface area contributed by atoms with E-state index in [9.17, 15) is 8.42 Å². The molecule has 0 unspecified atom stereocenters. The Kier molecular flexibility index (Phi) is 5.00. The van der Waals surface area contributed by atoms with Crippen LogP contribution in [0, 0.1) is 0 Å². The average molecular weight is 371 g/mol. The SMILES string of the molecule is Nc1ccc(S(=O)(=O)NCc2ccc(CO)cc2)cc1Br. The summed E-state index contributed by atoms with van der Waals surface area (Å²) in [7, 11) is -3.60. The van der Waals surface area contributed by atoms with E-state index in [0.717, 1.165) is 11.1 Å². The van der Waals surface area contributed by atoms with Crippen molar-refractivity contribution in [2.24, 2.45) is 0 Å². The molecule has 2 rings (SSSR count). The van der Waals surface area contributed by atoms with Gasteiger partial charge < -0.3 is 10.8 Å². The highest BCUT2D eigenvalue weighted by Gasteiger charge is 2.14. The van der Waals surface area contributed by atoms with Crippen molar-refractivity contribution in [1.82, 2.24) is 4.72 Å². The molecule has 0 heterocycles. The fourth-order valence-electron chi connectivity index (χ4n) is 1.70. The maximum atomic E-state index is 12.2. The Morgan fingerprint density at radius 2 is 1.71 bits per heavy atom. The van der Waals surface area contributed by atoms with E-state index in [-0.39, 0.29) is 18.0 Å². The lowest BCUT2D eigenvalue weighted by atomic mass is 10.1. The van der Waals surface area contributed by atoms with Gasteiger partial charge in [0.1, 0.15) is 0 Å². The third kappa shape index (κ3) is 4.04. The number of anilines is 1. The highest BCUT2D eigenvalue weighted by Crippen LogP contribution is 2.23. The molecular formula is C14H15BrN2O3S. The molecule has 21 heavy (non-hydrogen) atoms. The van der Waals surface area contributed by atoms with Crippen molar-refractivity contribution in [1.29, 1.82) is 0 Å². The smallest absolute Gasteiger partial charge is 0.240 e. The molecule has 0 bridgehead atoms. The van der Waals surface area contributed by atoms with E-state index in [1.807, 2.05) is 0 Å². The Morgan fingerprint density at radius 1 is 1.10 bits per heavy atom. The fraction of sp³-hybridized carbons (Fsp3) is 0.143. The zero-order valence-electron chi connectivity index (χ0n) is 11.1. The average Bonchev–Trinajstić information content (AvgIpc) is 2.48. The van der Waals surface area contributed by atoms with Crippen LogP contribution in [-0.2, 0) is 23.2 Å². The Morgan fingerprint density at radius 3 is 2.29 bits per heavy atom. The summed E-state index contributed by atoms with van der Waals surface area (Å²) in [6.07, 6.45) is 0. The normalized spacial score (nSPS) is 11.5. The summed E-state index contributed by atoms with van der Waals surface area (Å²) < 4.78 is 27.4. The molecule has 2 aromatic rings. The first-order chi connectivity index (χ1) is 9.92. The highest BCUT2D eigenvalue weighted by atomic mass is 79.9. The first-order valence-corrected chi connectivity index (χ1v) is 8.43. The number of nitrogens with two attached hydrogens (primary N) is 1. The minimum absolute atomic E-state index is 0.0362. The third-order valence-electron chi connectivity index (χ3n) is 2.95. The number of sulfonamides is 1. The molecule has 0 atom stereocenters. The maximum absolute atomic E-state index is 12.2. The zero-order chi connectivity index (χ0) is 15.5. The number of aliphatic hydroxyl groups excluding tert-OH is 1. The molecule has 0 spiro atoms. The van der Waals surface area contributed by atoms with Crippen LogP contribution in [0.25, 0.3) is 0 Å². The van der Waals surface area contributed by atoms with Crippen molar-refractivity contribution >= 4 is 31.6 Å². The van der Waals surface area contributed by atoms with Crippen molar-refractivity contribution in [3.63, 3.8) is 0 Å². The third-order valence-corrected chi connectivity index (χ3v) is 5.04. The number of nitrogens with one attached hydrogen (secondary N) is 1. The summed E-state index contributed by atoms with van der Waals surface area (Å²) in [4.78, 5) is 0.149. The Hall–Kier alpha value is -1.41. The summed E-state index contributed by atoms with van der Waals surface area (Å²) in [6.45, 7) is 0.140. The highest BCUT2D eigenvalue weighted by molar-refractivity contribution is 9.10. The number of aliphatic hydroxyl groups is 1. The first-order valence-electron chi connectivity index (χ1n) is 6.16. The topological polar surface area (TPSA) is 92.4 Å². The largest absolute Gasteiger partial charge is 0.398 e. The summed E-state index contributed by atoms with van der Waals surface area (Å²) in [5.41, 5.74) is 7.71. The van der Waals surface area contributed by atoms with E-state index in [1.165, 1.54) is 18.2 Å². The molecule has 0 aromatic heterocycles. The van der Waals surface area contributed by atoms with Gasteiger partial charge in [-0.3, -0.25) is 0 Å². The van der Waals surface area contributed by atoms with E-state index in [2.05, 4.69) is 20.7 Å². The molecule has 7 heteroatoms. The van der Waals surface area contributed by atoms with Gasteiger partial charge in [-0.25, -0.2) is 13.1 Å². The lowest BCUT2D eigenvalue weighted by molar-refractivity contribution is 0.282. The van der Waals surface area contributed by atoms with Gasteiger partial charge in [-0.05, 0) is 45.3 Å². The van der Waals surface area contributed by atoms with Crippen LogP contribution in [0.3, 0.4) is 0 Å². The van der Waals surface area contributed by atoms with E-state index < -0.39 is 10.0 Å². The molecule has 0 aliphatic rings. The van der Waals surface area contributed by atoms with E-state index in [1.54, 1.807) is 24.3 Å². The second kappa shape index (κ2) is 6.57. The molecule has 0 fully saturated rings. The molecular weight excluding hydrogens is 356 g/mol. The zero-order valence-corrected chi connectivity index (χ0v) is 13.5. The maximum Gasteiger partial charge on any atom is 0.240 e. The van der Waals surface area contributed by atoms with Crippen molar-refractivity contribution in [2.75, 3.05) is 5.73 Å². The molecule has 5 nitrogen and oxygen atoms in total. The number of nitrogen functional groups attached to an aromatic ring is 1. The van der Waals surface area contributed by atoms with E-state index in [4.69, 9.17) is 10.8 Å². The summed E-state index contributed by atoms with van der Waals surface area (Å²) in [5.74, 6) is 0. The van der Waals surface area contributed by atoms with Crippen LogP contribution in [0.1, 0.15) is 11.1 Å². The predicted octanol–water partition coefficient (Wildman–Crippen LogP) is 2.00. The second-order valence-electron chi connectivity index (χ2n) is 4.48. The fourth-order valence-corrected chi connectivity index (χ4v) is 3.27. The molecule has 0 saturated carbocycles. The molecule has 0 amide bonds. The molecule has 0 aliphatic carbocycles.